The number of aromatic nitrogens is 3. The van der Waals surface area contributed by atoms with Crippen molar-refractivity contribution in [1.82, 2.24) is 15.2 Å². The van der Waals surface area contributed by atoms with Crippen LogP contribution in [0.3, 0.4) is 0 Å². The van der Waals surface area contributed by atoms with Crippen LogP contribution in [0, 0.1) is 10.1 Å². The first-order chi connectivity index (χ1) is 10.1. The van der Waals surface area contributed by atoms with Crippen LogP contribution in [0.2, 0.25) is 5.02 Å². The van der Waals surface area contributed by atoms with E-state index in [0.29, 0.717) is 16.1 Å². The normalized spacial score (nSPS) is 10.7. The summed E-state index contributed by atoms with van der Waals surface area (Å²) in [5.41, 5.74) is 2.15. The fourth-order valence-corrected chi connectivity index (χ4v) is 1.98. The number of nitro benzene ring substituents is 1. The second-order valence-corrected chi connectivity index (χ2v) is 4.73. The number of nitrogens with zero attached hydrogens (tertiary/aromatic N) is 4. The fraction of sp³-hybridized carbons (Fsp3) is 0.0769. The van der Waals surface area contributed by atoms with E-state index in [-0.39, 0.29) is 12.3 Å². The molecule has 21 heavy (non-hydrogen) atoms. The largest absolute Gasteiger partial charge is 0.390 e. The molecule has 3 rings (SSSR count). The summed E-state index contributed by atoms with van der Waals surface area (Å²) in [6.07, 6.45) is 0. The van der Waals surface area contributed by atoms with Gasteiger partial charge in [0.1, 0.15) is 17.6 Å². The van der Waals surface area contributed by atoms with Gasteiger partial charge in [-0.3, -0.25) is 10.1 Å². The predicted octanol–water partition coefficient (Wildman–Crippen LogP) is 2.62. The molecule has 0 saturated carbocycles. The van der Waals surface area contributed by atoms with Gasteiger partial charge in [0.2, 0.25) is 0 Å². The average Bonchev–Trinajstić information content (AvgIpc) is 2.88. The molecule has 0 fully saturated rings. The maximum absolute atomic E-state index is 10.6. The highest BCUT2D eigenvalue weighted by atomic mass is 35.5. The van der Waals surface area contributed by atoms with Gasteiger partial charge in [-0.1, -0.05) is 16.4 Å². The minimum atomic E-state index is -0.447. The third-order valence-electron chi connectivity index (χ3n) is 2.88. The number of non-ortho nitro benzene ring substituents is 1. The van der Waals surface area contributed by atoms with Crippen LogP contribution in [0.1, 0.15) is 5.56 Å². The summed E-state index contributed by atoms with van der Waals surface area (Å²) in [4.78, 5) is 16.9. The zero-order chi connectivity index (χ0) is 14.8. The average molecular weight is 305 g/mol. The number of hydrogen-bond donors (Lipinski definition) is 0. The molecule has 106 valence electrons. The Morgan fingerprint density at radius 3 is 2.71 bits per heavy atom. The Bertz CT molecular complexity index is 801. The maximum Gasteiger partial charge on any atom is 0.269 e. The summed E-state index contributed by atoms with van der Waals surface area (Å²) in [6.45, 7) is 0.211. The summed E-state index contributed by atoms with van der Waals surface area (Å²) in [6, 6.07) is 11.3. The lowest BCUT2D eigenvalue weighted by Crippen LogP contribution is -2.12. The third kappa shape index (κ3) is 2.77. The SMILES string of the molecule is O=[N+]([O-])c1ccc(COn2nnc3ccc(Cl)cc32)cc1. The lowest BCUT2D eigenvalue weighted by Gasteiger charge is -2.05. The predicted molar refractivity (Wildman–Crippen MR) is 75.9 cm³/mol. The maximum atomic E-state index is 10.6. The van der Waals surface area contributed by atoms with Gasteiger partial charge in [0.05, 0.1) is 4.92 Å². The molecule has 0 amide bonds. The van der Waals surface area contributed by atoms with E-state index < -0.39 is 4.92 Å². The van der Waals surface area contributed by atoms with Crippen molar-refractivity contribution in [2.75, 3.05) is 0 Å². The van der Waals surface area contributed by atoms with E-state index in [1.54, 1.807) is 30.3 Å². The molecule has 0 N–H and O–H groups in total. The van der Waals surface area contributed by atoms with Crippen molar-refractivity contribution in [2.45, 2.75) is 6.61 Å². The molecule has 0 spiro atoms. The molecule has 0 atom stereocenters. The molecule has 0 aliphatic heterocycles. The van der Waals surface area contributed by atoms with Crippen molar-refractivity contribution >= 4 is 28.3 Å². The Balaban J connectivity index is 1.77. The first-order valence-electron chi connectivity index (χ1n) is 6.01. The quantitative estimate of drug-likeness (QED) is 0.546. The number of rotatable bonds is 4. The molecule has 0 saturated heterocycles. The first kappa shape index (κ1) is 13.3. The van der Waals surface area contributed by atoms with Crippen LogP contribution in [0.15, 0.2) is 42.5 Å². The summed E-state index contributed by atoms with van der Waals surface area (Å²) in [5.74, 6) is 0. The molecular formula is C13H9ClN4O3. The van der Waals surface area contributed by atoms with E-state index in [2.05, 4.69) is 10.3 Å². The van der Waals surface area contributed by atoms with E-state index in [0.717, 1.165) is 5.56 Å². The summed E-state index contributed by atoms with van der Waals surface area (Å²) in [5, 5.41) is 19.0. The van der Waals surface area contributed by atoms with Gasteiger partial charge >= 0.3 is 0 Å². The summed E-state index contributed by atoms with van der Waals surface area (Å²) in [7, 11) is 0. The Morgan fingerprint density at radius 1 is 1.24 bits per heavy atom. The number of hydrogen-bond acceptors (Lipinski definition) is 5. The van der Waals surface area contributed by atoms with Gasteiger partial charge in [-0.15, -0.1) is 5.10 Å². The molecule has 0 unspecified atom stereocenters. The minimum absolute atomic E-state index is 0.0386. The number of halogens is 1. The number of nitro groups is 1. The smallest absolute Gasteiger partial charge is 0.269 e. The monoisotopic (exact) mass is 304 g/mol. The van der Waals surface area contributed by atoms with Crippen molar-refractivity contribution in [3.63, 3.8) is 0 Å². The van der Waals surface area contributed by atoms with E-state index >= 15 is 0 Å². The molecule has 7 nitrogen and oxygen atoms in total. The summed E-state index contributed by atoms with van der Waals surface area (Å²) < 4.78 is 0. The van der Waals surface area contributed by atoms with Crippen LogP contribution in [-0.4, -0.2) is 20.1 Å². The topological polar surface area (TPSA) is 83.1 Å². The highest BCUT2D eigenvalue weighted by molar-refractivity contribution is 6.31. The van der Waals surface area contributed by atoms with Crippen LogP contribution in [0.25, 0.3) is 11.0 Å². The summed E-state index contributed by atoms with van der Waals surface area (Å²) >= 11 is 5.92. The van der Waals surface area contributed by atoms with Crippen LogP contribution in [0.5, 0.6) is 0 Å². The number of fused-ring (bicyclic) bond motifs is 1. The number of benzene rings is 2. The van der Waals surface area contributed by atoms with Crippen molar-refractivity contribution in [2.24, 2.45) is 0 Å². The second kappa shape index (κ2) is 5.37. The second-order valence-electron chi connectivity index (χ2n) is 4.29. The molecule has 3 aromatic rings. The van der Waals surface area contributed by atoms with Gasteiger partial charge in [0.15, 0.2) is 0 Å². The Morgan fingerprint density at radius 2 is 2.00 bits per heavy atom. The van der Waals surface area contributed by atoms with E-state index in [1.165, 1.54) is 17.0 Å². The fourth-order valence-electron chi connectivity index (χ4n) is 1.82. The highest BCUT2D eigenvalue weighted by Crippen LogP contribution is 2.17. The van der Waals surface area contributed by atoms with Crippen molar-refractivity contribution < 1.29 is 9.76 Å². The van der Waals surface area contributed by atoms with Crippen molar-refractivity contribution in [3.05, 3.63) is 63.2 Å². The van der Waals surface area contributed by atoms with Gasteiger partial charge in [0, 0.05) is 17.2 Å². The van der Waals surface area contributed by atoms with Crippen molar-refractivity contribution in [3.8, 4) is 0 Å². The Labute approximate surface area is 123 Å². The van der Waals surface area contributed by atoms with Crippen LogP contribution >= 0.6 is 11.6 Å². The zero-order valence-electron chi connectivity index (χ0n) is 10.6. The van der Waals surface area contributed by atoms with Gasteiger partial charge in [-0.2, -0.15) is 0 Å². The van der Waals surface area contributed by atoms with Crippen LogP contribution in [-0.2, 0) is 6.61 Å². The highest BCUT2D eigenvalue weighted by Gasteiger charge is 2.07. The molecule has 0 bridgehead atoms. The molecular weight excluding hydrogens is 296 g/mol. The van der Waals surface area contributed by atoms with Crippen LogP contribution in [0.4, 0.5) is 5.69 Å². The lowest BCUT2D eigenvalue weighted by molar-refractivity contribution is -0.384. The molecule has 8 heteroatoms. The van der Waals surface area contributed by atoms with Crippen LogP contribution < -0.4 is 4.84 Å². The Hall–Kier alpha value is -2.67. The van der Waals surface area contributed by atoms with E-state index in [4.69, 9.17) is 16.4 Å². The molecule has 0 aliphatic carbocycles. The molecule has 1 aromatic heterocycles. The third-order valence-corrected chi connectivity index (χ3v) is 3.11. The van der Waals surface area contributed by atoms with E-state index in [9.17, 15) is 10.1 Å². The van der Waals surface area contributed by atoms with E-state index in [1.807, 2.05) is 0 Å². The minimum Gasteiger partial charge on any atom is -0.390 e. The lowest BCUT2D eigenvalue weighted by atomic mass is 10.2. The zero-order valence-corrected chi connectivity index (χ0v) is 11.4. The molecule has 0 radical (unpaired) electrons. The van der Waals surface area contributed by atoms with Gasteiger partial charge in [-0.05, 0) is 41.1 Å². The first-order valence-corrected chi connectivity index (χ1v) is 6.39. The molecule has 0 aliphatic rings. The van der Waals surface area contributed by atoms with Gasteiger partial charge < -0.3 is 4.84 Å². The standard InChI is InChI=1S/C13H9ClN4O3/c14-10-3-6-12-13(7-10)17(16-15-12)21-8-9-1-4-11(5-2-9)18(19)20/h1-7H,8H2. The van der Waals surface area contributed by atoms with Crippen molar-refractivity contribution in [1.29, 1.82) is 0 Å². The molecule has 2 aromatic carbocycles. The van der Waals surface area contributed by atoms with Gasteiger partial charge in [-0.25, -0.2) is 0 Å². The van der Waals surface area contributed by atoms with Gasteiger partial charge in [0.25, 0.3) is 5.69 Å². The molecule has 1 heterocycles. The Kier molecular flexibility index (Phi) is 3.41.